The van der Waals surface area contributed by atoms with Crippen LogP contribution >= 0.6 is 5.83 Å². The van der Waals surface area contributed by atoms with Crippen LogP contribution in [0.15, 0.2) is 78.9 Å². The van der Waals surface area contributed by atoms with Crippen molar-refractivity contribution >= 4 is 35.4 Å². The van der Waals surface area contributed by atoms with Crippen LogP contribution in [0.5, 0.6) is 0 Å². The maximum absolute atomic E-state index is 14.0. The normalized spacial score (nSPS) is 11.4. The second-order valence-corrected chi connectivity index (χ2v) is 13.3. The van der Waals surface area contributed by atoms with Crippen molar-refractivity contribution in [2.45, 2.75) is 13.8 Å². The Balaban J connectivity index is 2.10. The summed E-state index contributed by atoms with van der Waals surface area (Å²) < 4.78 is 15.2. The molecule has 0 radical (unpaired) electrons. The van der Waals surface area contributed by atoms with E-state index in [2.05, 4.69) is 50.2 Å². The number of benzene rings is 3. The molecule has 23 heavy (non-hydrogen) atoms. The fourth-order valence-corrected chi connectivity index (χ4v) is 10.2. The van der Waals surface area contributed by atoms with E-state index in [4.69, 9.17) is 0 Å². The van der Waals surface area contributed by atoms with Gasteiger partial charge in [0.25, 0.3) is 0 Å². The Hall–Kier alpha value is -1.59. The van der Waals surface area contributed by atoms with E-state index in [-0.39, 0.29) is 14.5 Å². The van der Waals surface area contributed by atoms with Gasteiger partial charge < -0.3 is 0 Å². The summed E-state index contributed by atoms with van der Waals surface area (Å²) in [6.45, 7) is 4.12. The van der Waals surface area contributed by atoms with Gasteiger partial charge in [-0.25, -0.2) is 0 Å². The Bertz CT molecular complexity index is 774. The van der Waals surface area contributed by atoms with Crippen molar-refractivity contribution in [2.75, 3.05) is 0 Å². The third-order valence-corrected chi connectivity index (χ3v) is 12.3. The van der Waals surface area contributed by atoms with Gasteiger partial charge in [-0.05, 0) is 0 Å². The molecule has 0 saturated carbocycles. The quantitative estimate of drug-likeness (QED) is 0.496. The van der Waals surface area contributed by atoms with Gasteiger partial charge in [-0.2, -0.15) is 0 Å². The van der Waals surface area contributed by atoms with E-state index in [0.717, 1.165) is 10.6 Å². The molecule has 0 aliphatic carbocycles. The molecule has 3 heteroatoms. The maximum atomic E-state index is 14.0. The number of rotatable bonds is 4. The average Bonchev–Trinajstić information content (AvgIpc) is 2.57. The van der Waals surface area contributed by atoms with E-state index in [1.165, 1.54) is 15.6 Å². The van der Waals surface area contributed by atoms with Crippen LogP contribution < -0.4 is 15.1 Å². The molecule has 0 bridgehead atoms. The van der Waals surface area contributed by atoms with E-state index < -0.39 is 5.83 Å². The van der Waals surface area contributed by atoms with Crippen LogP contribution in [0.25, 0.3) is 0 Å². The fourth-order valence-electron chi connectivity index (χ4n) is 2.37. The Kier molecular flexibility index (Phi) is 4.87. The minimum absolute atomic E-state index is 0.126. The Morgan fingerprint density at radius 3 is 1.52 bits per heavy atom. The van der Waals surface area contributed by atoms with Crippen molar-refractivity contribution in [2.24, 2.45) is 0 Å². The standard InChI is InChI=1S/C20H19OPSe/c1-16-8-12-18(13-9-16)22(21,19-14-10-17(2)11-15-19)23-20-6-4-3-5-7-20/h3-15H,1-2H3. The molecule has 3 aromatic rings. The summed E-state index contributed by atoms with van der Waals surface area (Å²) in [5, 5.41) is 1.91. The van der Waals surface area contributed by atoms with E-state index in [1.807, 2.05) is 42.5 Å². The Morgan fingerprint density at radius 1 is 0.652 bits per heavy atom. The fraction of sp³-hybridized carbons (Fsp3) is 0.100. The first-order chi connectivity index (χ1) is 11.1. The van der Waals surface area contributed by atoms with Crippen molar-refractivity contribution in [1.82, 2.24) is 0 Å². The Labute approximate surface area is 143 Å². The molecular formula is C20H19OPSe. The van der Waals surface area contributed by atoms with Gasteiger partial charge in [-0.1, -0.05) is 0 Å². The molecule has 0 amide bonds. The SMILES string of the molecule is Cc1ccc(P(=O)([Se]c2ccccc2)c2ccc(C)cc2)cc1. The first-order valence-electron chi connectivity index (χ1n) is 7.57. The predicted molar refractivity (Wildman–Crippen MR) is 101 cm³/mol. The average molecular weight is 385 g/mol. The molecule has 0 atom stereocenters. The summed E-state index contributed by atoms with van der Waals surface area (Å²) in [6.07, 6.45) is 0. The summed E-state index contributed by atoms with van der Waals surface area (Å²) in [5.41, 5.74) is 2.38. The summed E-state index contributed by atoms with van der Waals surface area (Å²) in [5.74, 6) is -2.62. The van der Waals surface area contributed by atoms with Crippen LogP contribution in [0.1, 0.15) is 11.1 Å². The van der Waals surface area contributed by atoms with Crippen molar-refractivity contribution in [3.8, 4) is 0 Å². The summed E-state index contributed by atoms with van der Waals surface area (Å²) in [7, 11) is 0. The van der Waals surface area contributed by atoms with Crippen molar-refractivity contribution in [1.29, 1.82) is 0 Å². The van der Waals surface area contributed by atoms with Gasteiger partial charge in [-0.3, -0.25) is 0 Å². The van der Waals surface area contributed by atoms with Gasteiger partial charge in [0.2, 0.25) is 0 Å². The Morgan fingerprint density at radius 2 is 1.09 bits per heavy atom. The molecule has 116 valence electrons. The first kappa shape index (κ1) is 16.3. The van der Waals surface area contributed by atoms with E-state index in [9.17, 15) is 4.57 Å². The monoisotopic (exact) mass is 386 g/mol. The third-order valence-electron chi connectivity index (χ3n) is 3.72. The minimum atomic E-state index is -2.62. The van der Waals surface area contributed by atoms with Crippen molar-refractivity contribution in [3.63, 3.8) is 0 Å². The molecule has 0 aromatic heterocycles. The number of aryl methyl sites for hydroxylation is 2. The molecule has 0 fully saturated rings. The van der Waals surface area contributed by atoms with E-state index >= 15 is 0 Å². The van der Waals surface area contributed by atoms with Crippen LogP contribution in [0.2, 0.25) is 0 Å². The van der Waals surface area contributed by atoms with Crippen LogP contribution in [0.4, 0.5) is 0 Å². The van der Waals surface area contributed by atoms with Gasteiger partial charge in [0.1, 0.15) is 0 Å². The molecule has 3 aromatic carbocycles. The van der Waals surface area contributed by atoms with E-state index in [0.29, 0.717) is 0 Å². The summed E-state index contributed by atoms with van der Waals surface area (Å²) in [6, 6.07) is 26.5. The van der Waals surface area contributed by atoms with Crippen molar-refractivity contribution in [3.05, 3.63) is 90.0 Å². The molecule has 1 nitrogen and oxygen atoms in total. The zero-order valence-corrected chi connectivity index (χ0v) is 15.9. The molecule has 3 rings (SSSR count). The van der Waals surface area contributed by atoms with Gasteiger partial charge >= 0.3 is 144 Å². The van der Waals surface area contributed by atoms with Crippen LogP contribution in [0.3, 0.4) is 0 Å². The van der Waals surface area contributed by atoms with Crippen LogP contribution in [0, 0.1) is 13.8 Å². The van der Waals surface area contributed by atoms with Gasteiger partial charge in [0.05, 0.1) is 0 Å². The molecule has 0 spiro atoms. The van der Waals surface area contributed by atoms with Crippen LogP contribution in [-0.4, -0.2) is 14.5 Å². The number of hydrogen-bond acceptors (Lipinski definition) is 1. The van der Waals surface area contributed by atoms with Crippen molar-refractivity contribution < 1.29 is 4.57 Å². The van der Waals surface area contributed by atoms with Gasteiger partial charge in [0, 0.05) is 0 Å². The second-order valence-electron chi connectivity index (χ2n) is 5.63. The van der Waals surface area contributed by atoms with Gasteiger partial charge in [-0.15, -0.1) is 0 Å². The topological polar surface area (TPSA) is 17.1 Å². The zero-order valence-electron chi connectivity index (χ0n) is 13.3. The predicted octanol–water partition coefficient (Wildman–Crippen LogP) is 3.56. The molecule has 0 unspecified atom stereocenters. The number of hydrogen-bond donors (Lipinski definition) is 0. The van der Waals surface area contributed by atoms with Crippen LogP contribution in [-0.2, 0) is 4.57 Å². The molecule has 0 heterocycles. The molecular weight excluding hydrogens is 366 g/mol. The molecule has 0 saturated heterocycles. The molecule has 0 aliphatic heterocycles. The zero-order chi connectivity index (χ0) is 16.3. The third kappa shape index (κ3) is 3.67. The van der Waals surface area contributed by atoms with E-state index in [1.54, 1.807) is 0 Å². The summed E-state index contributed by atoms with van der Waals surface area (Å²) in [4.78, 5) is 0. The van der Waals surface area contributed by atoms with Gasteiger partial charge in [0.15, 0.2) is 0 Å². The summed E-state index contributed by atoms with van der Waals surface area (Å²) >= 11 is -0.126. The molecule has 0 aliphatic rings. The first-order valence-corrected chi connectivity index (χ1v) is 12.3. The molecule has 0 N–H and O–H groups in total. The second kappa shape index (κ2) is 6.89.